The predicted octanol–water partition coefficient (Wildman–Crippen LogP) is 0.679. The Hall–Kier alpha value is -1.61. The molecule has 0 fully saturated rings. The Balaban J connectivity index is 2.64. The van der Waals surface area contributed by atoms with Gasteiger partial charge in [-0.3, -0.25) is 0 Å². The molecule has 0 amide bonds. The Morgan fingerprint density at radius 1 is 1.57 bits per heavy atom. The molecule has 1 aromatic heterocycles. The zero-order valence-corrected chi connectivity index (χ0v) is 8.28. The second-order valence-corrected chi connectivity index (χ2v) is 3.04. The molecule has 1 heterocycles. The van der Waals surface area contributed by atoms with Crippen molar-refractivity contribution in [1.29, 1.82) is 5.26 Å². The van der Waals surface area contributed by atoms with Gasteiger partial charge in [0.05, 0.1) is 12.0 Å². The quantitative estimate of drug-likeness (QED) is 0.764. The van der Waals surface area contributed by atoms with Crippen LogP contribution in [0.1, 0.15) is 6.92 Å². The van der Waals surface area contributed by atoms with Crippen LogP contribution in [-0.2, 0) is 0 Å². The summed E-state index contributed by atoms with van der Waals surface area (Å²) in [6, 6.07) is 2.07. The Kier molecular flexibility index (Phi) is 3.42. The van der Waals surface area contributed by atoms with Gasteiger partial charge >= 0.3 is 0 Å². The Bertz CT molecular complexity index is 339. The molecule has 1 rings (SSSR count). The van der Waals surface area contributed by atoms with E-state index in [-0.39, 0.29) is 23.1 Å². The highest BCUT2D eigenvalue weighted by molar-refractivity contribution is 6.28. The minimum absolute atomic E-state index is 0.0320. The van der Waals surface area contributed by atoms with Crippen molar-refractivity contribution in [3.63, 3.8) is 0 Å². The topological polar surface area (TPSA) is 101 Å². The largest absolute Gasteiger partial charge is 0.368 e. The normalized spacial score (nSPS) is 11.8. The summed E-state index contributed by atoms with van der Waals surface area (Å²) < 4.78 is 0. The third-order valence-corrected chi connectivity index (χ3v) is 1.58. The number of nitrogens with two attached hydrogens (primary N) is 1. The third-order valence-electron chi connectivity index (χ3n) is 1.41. The number of rotatable bonds is 3. The first-order chi connectivity index (χ1) is 6.61. The minimum Gasteiger partial charge on any atom is -0.368 e. The Labute approximate surface area is 86.1 Å². The molecule has 0 spiro atoms. The predicted molar refractivity (Wildman–Crippen MR) is 52.5 cm³/mol. The molecule has 7 heteroatoms. The summed E-state index contributed by atoms with van der Waals surface area (Å²) in [7, 11) is 0. The lowest BCUT2D eigenvalue weighted by Gasteiger charge is -2.05. The van der Waals surface area contributed by atoms with Crippen LogP contribution in [-0.4, -0.2) is 21.5 Å². The van der Waals surface area contributed by atoms with Crippen molar-refractivity contribution < 1.29 is 0 Å². The van der Waals surface area contributed by atoms with Gasteiger partial charge in [-0.25, -0.2) is 0 Å². The molecule has 0 aromatic carbocycles. The average molecular weight is 213 g/mol. The molecule has 0 radical (unpaired) electrons. The first-order valence-electron chi connectivity index (χ1n) is 3.92. The number of nitrogen functional groups attached to an aromatic ring is 1. The van der Waals surface area contributed by atoms with Crippen LogP contribution >= 0.6 is 11.6 Å². The van der Waals surface area contributed by atoms with Gasteiger partial charge < -0.3 is 11.1 Å². The highest BCUT2D eigenvalue weighted by Crippen LogP contribution is 2.07. The van der Waals surface area contributed by atoms with Crippen LogP contribution in [0, 0.1) is 17.2 Å². The van der Waals surface area contributed by atoms with Crippen molar-refractivity contribution in [2.45, 2.75) is 6.92 Å². The van der Waals surface area contributed by atoms with Crippen molar-refractivity contribution >= 4 is 23.5 Å². The molecule has 6 nitrogen and oxygen atoms in total. The van der Waals surface area contributed by atoms with E-state index in [1.165, 1.54) is 0 Å². The van der Waals surface area contributed by atoms with Crippen molar-refractivity contribution in [3.8, 4) is 6.07 Å². The summed E-state index contributed by atoms with van der Waals surface area (Å²) in [4.78, 5) is 11.2. The molecule has 0 bridgehead atoms. The molecule has 14 heavy (non-hydrogen) atoms. The molecule has 0 aliphatic rings. The van der Waals surface area contributed by atoms with E-state index in [0.717, 1.165) is 0 Å². The summed E-state index contributed by atoms with van der Waals surface area (Å²) in [6.07, 6.45) is 0. The van der Waals surface area contributed by atoms with Gasteiger partial charge in [0.15, 0.2) is 0 Å². The Morgan fingerprint density at radius 2 is 2.29 bits per heavy atom. The smallest absolute Gasteiger partial charge is 0.228 e. The van der Waals surface area contributed by atoms with Crippen LogP contribution in [0.2, 0.25) is 5.28 Å². The van der Waals surface area contributed by atoms with Gasteiger partial charge in [0.2, 0.25) is 17.2 Å². The highest BCUT2D eigenvalue weighted by Gasteiger charge is 2.03. The molecule has 74 valence electrons. The van der Waals surface area contributed by atoms with E-state index in [0.29, 0.717) is 6.54 Å². The fraction of sp³-hybridized carbons (Fsp3) is 0.429. The number of nitrogens with zero attached hydrogens (tertiary/aromatic N) is 4. The van der Waals surface area contributed by atoms with E-state index in [2.05, 4.69) is 26.3 Å². The van der Waals surface area contributed by atoms with Crippen LogP contribution in [0.3, 0.4) is 0 Å². The number of nitriles is 1. The zero-order chi connectivity index (χ0) is 10.6. The molecule has 0 aliphatic carbocycles. The minimum atomic E-state index is -0.133. The van der Waals surface area contributed by atoms with Crippen molar-refractivity contribution in [1.82, 2.24) is 15.0 Å². The number of anilines is 2. The number of nitrogens with one attached hydrogen (secondary N) is 1. The van der Waals surface area contributed by atoms with Gasteiger partial charge in [0, 0.05) is 6.54 Å². The van der Waals surface area contributed by atoms with Crippen molar-refractivity contribution in [2.75, 3.05) is 17.6 Å². The monoisotopic (exact) mass is 212 g/mol. The van der Waals surface area contributed by atoms with Gasteiger partial charge in [-0.05, 0) is 18.5 Å². The van der Waals surface area contributed by atoms with Gasteiger partial charge in [-0.15, -0.1) is 0 Å². The number of hydrogen-bond donors (Lipinski definition) is 2. The molecule has 0 aliphatic heterocycles. The van der Waals surface area contributed by atoms with E-state index >= 15 is 0 Å². The third kappa shape index (κ3) is 3.03. The standard InChI is InChI=1S/C7H9ClN6/c1-4(2-9)3-11-7-13-5(8)12-6(10)14-7/h4H,3H2,1H3,(H3,10,11,12,13,14). The summed E-state index contributed by atoms with van der Waals surface area (Å²) in [6.45, 7) is 2.22. The van der Waals surface area contributed by atoms with Crippen molar-refractivity contribution in [3.05, 3.63) is 5.28 Å². The summed E-state index contributed by atoms with van der Waals surface area (Å²) in [5, 5.41) is 11.4. The first kappa shape index (κ1) is 10.5. The van der Waals surface area contributed by atoms with E-state index in [4.69, 9.17) is 22.6 Å². The van der Waals surface area contributed by atoms with Crippen LogP contribution in [0.25, 0.3) is 0 Å². The SMILES string of the molecule is CC(C#N)CNc1nc(N)nc(Cl)n1. The number of hydrogen-bond acceptors (Lipinski definition) is 6. The van der Waals surface area contributed by atoms with Crippen molar-refractivity contribution in [2.24, 2.45) is 5.92 Å². The molecule has 0 saturated heterocycles. The fourth-order valence-corrected chi connectivity index (χ4v) is 0.901. The second-order valence-electron chi connectivity index (χ2n) is 2.70. The van der Waals surface area contributed by atoms with Crippen LogP contribution < -0.4 is 11.1 Å². The molecule has 0 saturated carbocycles. The van der Waals surface area contributed by atoms with Gasteiger partial charge in [-0.1, -0.05) is 0 Å². The summed E-state index contributed by atoms with van der Waals surface area (Å²) >= 11 is 5.55. The van der Waals surface area contributed by atoms with Crippen LogP contribution in [0.15, 0.2) is 0 Å². The molecule has 1 atom stereocenters. The maximum atomic E-state index is 8.53. The zero-order valence-electron chi connectivity index (χ0n) is 7.53. The molecule has 3 N–H and O–H groups in total. The molecular weight excluding hydrogens is 204 g/mol. The van der Waals surface area contributed by atoms with Crippen LogP contribution in [0.5, 0.6) is 0 Å². The van der Waals surface area contributed by atoms with Gasteiger partial charge in [0.25, 0.3) is 0 Å². The lowest BCUT2D eigenvalue weighted by atomic mass is 10.2. The van der Waals surface area contributed by atoms with E-state index < -0.39 is 0 Å². The van der Waals surface area contributed by atoms with Gasteiger partial charge in [0.1, 0.15) is 0 Å². The summed E-state index contributed by atoms with van der Waals surface area (Å²) in [5.41, 5.74) is 5.35. The lowest BCUT2D eigenvalue weighted by molar-refractivity contribution is 0.777. The number of halogens is 1. The lowest BCUT2D eigenvalue weighted by Crippen LogP contribution is -2.13. The maximum absolute atomic E-state index is 8.53. The average Bonchev–Trinajstić information content (AvgIpc) is 2.12. The summed E-state index contributed by atoms with van der Waals surface area (Å²) in [5.74, 6) is 0.202. The Morgan fingerprint density at radius 3 is 2.86 bits per heavy atom. The van der Waals surface area contributed by atoms with Gasteiger partial charge in [-0.2, -0.15) is 20.2 Å². The molecule has 1 aromatic rings. The molecule has 1 unspecified atom stereocenters. The first-order valence-corrected chi connectivity index (χ1v) is 4.30. The second kappa shape index (κ2) is 4.58. The van der Waals surface area contributed by atoms with E-state index in [1.54, 1.807) is 6.92 Å². The molecular formula is C7H9ClN6. The van der Waals surface area contributed by atoms with Crippen LogP contribution in [0.4, 0.5) is 11.9 Å². The van der Waals surface area contributed by atoms with E-state index in [9.17, 15) is 0 Å². The highest BCUT2D eigenvalue weighted by atomic mass is 35.5. The maximum Gasteiger partial charge on any atom is 0.228 e. The fourth-order valence-electron chi connectivity index (χ4n) is 0.734. The number of aromatic nitrogens is 3. The van der Waals surface area contributed by atoms with E-state index in [1.807, 2.05) is 0 Å².